The third kappa shape index (κ3) is 4.97. The summed E-state index contributed by atoms with van der Waals surface area (Å²) in [6, 6.07) is 13.1. The zero-order chi connectivity index (χ0) is 18.4. The molecule has 1 aromatic carbocycles. The van der Waals surface area contributed by atoms with Crippen LogP contribution in [0.3, 0.4) is 0 Å². The van der Waals surface area contributed by atoms with Gasteiger partial charge in [0.2, 0.25) is 5.91 Å². The number of thiazole rings is 1. The smallest absolute Gasteiger partial charge is 0.229 e. The van der Waals surface area contributed by atoms with Crippen LogP contribution < -0.4 is 0 Å². The number of aliphatic hydroxyl groups excluding tert-OH is 1. The van der Waals surface area contributed by atoms with E-state index < -0.39 is 6.10 Å². The van der Waals surface area contributed by atoms with E-state index in [1.807, 2.05) is 54.8 Å². The van der Waals surface area contributed by atoms with Crippen molar-refractivity contribution in [3.8, 4) is 0 Å². The minimum atomic E-state index is -0.737. The van der Waals surface area contributed by atoms with Gasteiger partial charge >= 0.3 is 0 Å². The lowest BCUT2D eigenvalue weighted by Crippen LogP contribution is -2.35. The van der Waals surface area contributed by atoms with Gasteiger partial charge in [0.05, 0.1) is 29.8 Å². The van der Waals surface area contributed by atoms with E-state index in [0.717, 1.165) is 21.8 Å². The van der Waals surface area contributed by atoms with Crippen molar-refractivity contribution in [1.82, 2.24) is 14.9 Å². The van der Waals surface area contributed by atoms with Crippen LogP contribution in [0, 0.1) is 6.92 Å². The second kappa shape index (κ2) is 8.69. The number of carbonyl (C=O) groups is 1. The highest BCUT2D eigenvalue weighted by Gasteiger charge is 2.20. The molecule has 0 unspecified atom stereocenters. The lowest BCUT2D eigenvalue weighted by Gasteiger charge is -2.25. The molecule has 0 aliphatic heterocycles. The first-order valence-corrected chi connectivity index (χ1v) is 9.30. The fourth-order valence-corrected chi connectivity index (χ4v) is 3.32. The van der Waals surface area contributed by atoms with Crippen LogP contribution in [-0.2, 0) is 17.8 Å². The summed E-state index contributed by atoms with van der Waals surface area (Å²) in [6.07, 6.45) is 2.90. The predicted molar refractivity (Wildman–Crippen MR) is 102 cm³/mol. The summed E-state index contributed by atoms with van der Waals surface area (Å²) in [5.41, 5.74) is 2.54. The van der Waals surface area contributed by atoms with Gasteiger partial charge in [-0.05, 0) is 30.2 Å². The number of nitrogens with zero attached hydrogens (tertiary/aromatic N) is 3. The summed E-state index contributed by atoms with van der Waals surface area (Å²) in [6.45, 7) is 2.58. The van der Waals surface area contributed by atoms with E-state index in [9.17, 15) is 9.90 Å². The molecule has 0 bridgehead atoms. The van der Waals surface area contributed by atoms with Crippen molar-refractivity contribution in [3.05, 3.63) is 82.1 Å². The number of aliphatic hydroxyl groups is 1. The number of carbonyl (C=O) groups excluding carboxylic acids is 1. The van der Waals surface area contributed by atoms with Gasteiger partial charge in [0.25, 0.3) is 0 Å². The molecular formula is C20H21N3O2S. The van der Waals surface area contributed by atoms with Gasteiger partial charge in [0, 0.05) is 24.3 Å². The molecule has 6 heteroatoms. The fraction of sp³-hybridized carbons (Fsp3) is 0.250. The van der Waals surface area contributed by atoms with Gasteiger partial charge in [-0.15, -0.1) is 11.3 Å². The first-order chi connectivity index (χ1) is 12.6. The van der Waals surface area contributed by atoms with Crippen LogP contribution in [0.4, 0.5) is 0 Å². The maximum atomic E-state index is 12.9. The molecular weight excluding hydrogens is 346 g/mol. The SMILES string of the molecule is Cc1nc(CC(=O)N(Cc2ccncc2)C[C@H](O)c2ccccc2)cs1. The normalized spacial score (nSPS) is 11.9. The fourth-order valence-electron chi connectivity index (χ4n) is 2.71. The Kier molecular flexibility index (Phi) is 6.09. The summed E-state index contributed by atoms with van der Waals surface area (Å²) in [7, 11) is 0. The van der Waals surface area contributed by atoms with Crippen molar-refractivity contribution in [2.24, 2.45) is 0 Å². The largest absolute Gasteiger partial charge is 0.387 e. The molecule has 1 amide bonds. The summed E-state index contributed by atoms with van der Waals surface area (Å²) in [5.74, 6) is -0.0536. The Morgan fingerprint density at radius 3 is 2.58 bits per heavy atom. The Hall–Kier alpha value is -2.57. The third-order valence-electron chi connectivity index (χ3n) is 4.05. The van der Waals surface area contributed by atoms with Crippen LogP contribution >= 0.6 is 11.3 Å². The van der Waals surface area contributed by atoms with Crippen LogP contribution in [0.2, 0.25) is 0 Å². The van der Waals surface area contributed by atoms with Crippen LogP contribution in [0.1, 0.15) is 27.9 Å². The summed E-state index contributed by atoms with van der Waals surface area (Å²) in [4.78, 5) is 22.9. The number of pyridine rings is 1. The van der Waals surface area contributed by atoms with Crippen molar-refractivity contribution in [1.29, 1.82) is 0 Å². The number of aromatic nitrogens is 2. The van der Waals surface area contributed by atoms with Crippen molar-refractivity contribution in [2.75, 3.05) is 6.54 Å². The Morgan fingerprint density at radius 1 is 1.19 bits per heavy atom. The number of hydrogen-bond donors (Lipinski definition) is 1. The molecule has 1 N–H and O–H groups in total. The van der Waals surface area contributed by atoms with E-state index in [1.54, 1.807) is 17.3 Å². The molecule has 2 aromatic heterocycles. The standard InChI is InChI=1S/C20H21N3O2S/c1-15-22-18(14-26-15)11-20(25)23(12-16-7-9-21-10-8-16)13-19(24)17-5-3-2-4-6-17/h2-10,14,19,24H,11-13H2,1H3/t19-/m0/s1. The van der Waals surface area contributed by atoms with E-state index in [1.165, 1.54) is 11.3 Å². The average molecular weight is 367 g/mol. The van der Waals surface area contributed by atoms with Gasteiger partial charge in [0.1, 0.15) is 0 Å². The highest BCUT2D eigenvalue weighted by Crippen LogP contribution is 2.17. The van der Waals surface area contributed by atoms with Gasteiger partial charge in [-0.25, -0.2) is 4.98 Å². The quantitative estimate of drug-likeness (QED) is 0.697. The molecule has 26 heavy (non-hydrogen) atoms. The maximum absolute atomic E-state index is 12.9. The summed E-state index contributed by atoms with van der Waals surface area (Å²) in [5, 5.41) is 13.4. The summed E-state index contributed by atoms with van der Waals surface area (Å²) < 4.78 is 0. The first kappa shape index (κ1) is 18.2. The molecule has 3 aromatic rings. The maximum Gasteiger partial charge on any atom is 0.229 e. The minimum absolute atomic E-state index is 0.0536. The van der Waals surface area contributed by atoms with Gasteiger partial charge in [0.15, 0.2) is 0 Å². The van der Waals surface area contributed by atoms with Crippen LogP contribution in [0.25, 0.3) is 0 Å². The van der Waals surface area contributed by atoms with Gasteiger partial charge in [-0.3, -0.25) is 9.78 Å². The first-order valence-electron chi connectivity index (χ1n) is 8.42. The van der Waals surface area contributed by atoms with Crippen molar-refractivity contribution < 1.29 is 9.90 Å². The average Bonchev–Trinajstić information content (AvgIpc) is 3.07. The Morgan fingerprint density at radius 2 is 1.92 bits per heavy atom. The molecule has 0 spiro atoms. The molecule has 0 fully saturated rings. The number of aryl methyl sites for hydroxylation is 1. The second-order valence-electron chi connectivity index (χ2n) is 6.09. The highest BCUT2D eigenvalue weighted by atomic mass is 32.1. The lowest BCUT2D eigenvalue weighted by atomic mass is 10.1. The van der Waals surface area contributed by atoms with Crippen molar-refractivity contribution >= 4 is 17.2 Å². The van der Waals surface area contributed by atoms with E-state index >= 15 is 0 Å². The molecule has 0 saturated carbocycles. The monoisotopic (exact) mass is 367 g/mol. The molecule has 5 nitrogen and oxygen atoms in total. The Bertz CT molecular complexity index is 837. The minimum Gasteiger partial charge on any atom is -0.387 e. The zero-order valence-corrected chi connectivity index (χ0v) is 15.4. The molecule has 0 saturated heterocycles. The van der Waals surface area contributed by atoms with Gasteiger partial charge < -0.3 is 10.0 Å². The van der Waals surface area contributed by atoms with E-state index in [-0.39, 0.29) is 18.9 Å². The number of rotatable bonds is 7. The van der Waals surface area contributed by atoms with Crippen LogP contribution in [-0.4, -0.2) is 32.4 Å². The summed E-state index contributed by atoms with van der Waals surface area (Å²) >= 11 is 1.53. The highest BCUT2D eigenvalue weighted by molar-refractivity contribution is 7.09. The lowest BCUT2D eigenvalue weighted by molar-refractivity contribution is -0.132. The number of benzene rings is 1. The van der Waals surface area contributed by atoms with Crippen LogP contribution in [0.5, 0.6) is 0 Å². The predicted octanol–water partition coefficient (Wildman–Crippen LogP) is 3.15. The molecule has 0 radical (unpaired) electrons. The number of amides is 1. The number of hydrogen-bond acceptors (Lipinski definition) is 5. The van der Waals surface area contributed by atoms with Crippen LogP contribution in [0.15, 0.2) is 60.2 Å². The molecule has 2 heterocycles. The molecule has 0 aliphatic carbocycles. The molecule has 0 aliphatic rings. The topological polar surface area (TPSA) is 66.3 Å². The van der Waals surface area contributed by atoms with Crippen molar-refractivity contribution in [2.45, 2.75) is 26.0 Å². The third-order valence-corrected chi connectivity index (χ3v) is 4.87. The molecule has 1 atom stereocenters. The van der Waals surface area contributed by atoms with E-state index in [2.05, 4.69) is 9.97 Å². The Balaban J connectivity index is 1.75. The molecule has 134 valence electrons. The van der Waals surface area contributed by atoms with Gasteiger partial charge in [-0.2, -0.15) is 0 Å². The van der Waals surface area contributed by atoms with Crippen molar-refractivity contribution in [3.63, 3.8) is 0 Å². The second-order valence-corrected chi connectivity index (χ2v) is 7.15. The zero-order valence-electron chi connectivity index (χ0n) is 14.6. The van der Waals surface area contributed by atoms with E-state index in [0.29, 0.717) is 6.54 Å². The van der Waals surface area contributed by atoms with E-state index in [4.69, 9.17) is 0 Å². The molecule has 3 rings (SSSR count). The Labute approximate surface area is 157 Å². The van der Waals surface area contributed by atoms with Gasteiger partial charge in [-0.1, -0.05) is 30.3 Å².